The summed E-state index contributed by atoms with van der Waals surface area (Å²) in [5.41, 5.74) is 0.396. The summed E-state index contributed by atoms with van der Waals surface area (Å²) in [5, 5.41) is 3.12. The zero-order chi connectivity index (χ0) is 20.7. The fourth-order valence-electron chi connectivity index (χ4n) is 2.55. The van der Waals surface area contributed by atoms with E-state index in [9.17, 15) is 13.2 Å². The first-order valence-corrected chi connectivity index (χ1v) is 10.4. The van der Waals surface area contributed by atoms with Crippen molar-refractivity contribution in [3.63, 3.8) is 0 Å². The van der Waals surface area contributed by atoms with E-state index >= 15 is 0 Å². The summed E-state index contributed by atoms with van der Waals surface area (Å²) >= 11 is 5.84. The number of rotatable bonds is 9. The van der Waals surface area contributed by atoms with Gasteiger partial charge in [0.25, 0.3) is 0 Å². The summed E-state index contributed by atoms with van der Waals surface area (Å²) < 4.78 is 37.3. The summed E-state index contributed by atoms with van der Waals surface area (Å²) in [4.78, 5) is 12.6. The zero-order valence-corrected chi connectivity index (χ0v) is 17.5. The third-order valence-corrected chi connectivity index (χ3v) is 6.04. The van der Waals surface area contributed by atoms with Gasteiger partial charge in [-0.1, -0.05) is 18.5 Å². The van der Waals surface area contributed by atoms with Crippen molar-refractivity contribution < 1.29 is 22.7 Å². The molecule has 0 saturated carbocycles. The first-order valence-electron chi connectivity index (χ1n) is 8.59. The molecule has 2 rings (SSSR count). The fraction of sp³-hybridized carbons (Fsp3) is 0.316. The van der Waals surface area contributed by atoms with Crippen molar-refractivity contribution in [1.29, 1.82) is 0 Å². The molecule has 0 aliphatic carbocycles. The molecular formula is C19H23ClN2O5S. The normalized spacial score (nSPS) is 11.3. The van der Waals surface area contributed by atoms with E-state index in [1.54, 1.807) is 18.2 Å². The molecule has 28 heavy (non-hydrogen) atoms. The third kappa shape index (κ3) is 5.37. The Bertz CT molecular complexity index is 916. The van der Waals surface area contributed by atoms with Gasteiger partial charge in [-0.15, -0.1) is 0 Å². The molecule has 0 fully saturated rings. The Morgan fingerprint density at radius 3 is 2.36 bits per heavy atom. The van der Waals surface area contributed by atoms with Crippen molar-refractivity contribution in [2.45, 2.75) is 18.2 Å². The van der Waals surface area contributed by atoms with Crippen LogP contribution in [0.1, 0.15) is 13.3 Å². The highest BCUT2D eigenvalue weighted by molar-refractivity contribution is 7.89. The molecule has 0 aliphatic heterocycles. The molecule has 0 aromatic heterocycles. The van der Waals surface area contributed by atoms with Crippen LogP contribution in [0, 0.1) is 0 Å². The van der Waals surface area contributed by atoms with E-state index in [1.165, 1.54) is 38.5 Å². The molecule has 0 bridgehead atoms. The Balaban J connectivity index is 2.22. The molecule has 0 atom stereocenters. The van der Waals surface area contributed by atoms with Gasteiger partial charge in [-0.05, 0) is 42.8 Å². The average Bonchev–Trinajstić information content (AvgIpc) is 2.67. The Morgan fingerprint density at radius 1 is 1.11 bits per heavy atom. The molecule has 2 aromatic carbocycles. The number of carbonyl (C=O) groups is 1. The minimum Gasteiger partial charge on any atom is -0.497 e. The molecule has 0 radical (unpaired) electrons. The number of methoxy groups -OCH3 is 2. The van der Waals surface area contributed by atoms with Crippen LogP contribution in [0.25, 0.3) is 0 Å². The van der Waals surface area contributed by atoms with E-state index in [0.29, 0.717) is 28.6 Å². The average molecular weight is 427 g/mol. The Morgan fingerprint density at radius 2 is 1.79 bits per heavy atom. The van der Waals surface area contributed by atoms with E-state index in [1.807, 2.05) is 6.92 Å². The monoisotopic (exact) mass is 426 g/mol. The number of carbonyl (C=O) groups excluding carboxylic acids is 1. The number of hydrogen-bond acceptors (Lipinski definition) is 5. The van der Waals surface area contributed by atoms with Gasteiger partial charge in [-0.2, -0.15) is 4.31 Å². The molecule has 1 amide bonds. The number of nitrogens with one attached hydrogen (secondary N) is 1. The van der Waals surface area contributed by atoms with Crippen LogP contribution in [0.3, 0.4) is 0 Å². The molecule has 1 N–H and O–H groups in total. The van der Waals surface area contributed by atoms with Gasteiger partial charge in [0.2, 0.25) is 15.9 Å². The van der Waals surface area contributed by atoms with Crippen molar-refractivity contribution in [3.05, 3.63) is 47.5 Å². The maximum Gasteiger partial charge on any atom is 0.243 e. The van der Waals surface area contributed by atoms with Crippen LogP contribution < -0.4 is 14.8 Å². The van der Waals surface area contributed by atoms with Gasteiger partial charge in [-0.3, -0.25) is 4.79 Å². The first kappa shape index (κ1) is 22.0. The lowest BCUT2D eigenvalue weighted by molar-refractivity contribution is -0.116. The van der Waals surface area contributed by atoms with E-state index in [0.717, 1.165) is 4.31 Å². The highest BCUT2D eigenvalue weighted by atomic mass is 35.5. The SMILES string of the molecule is CCCN(CC(=O)Nc1cc(OC)ccc1OC)S(=O)(=O)c1ccc(Cl)cc1. The smallest absolute Gasteiger partial charge is 0.243 e. The Labute approximate surface area is 170 Å². The quantitative estimate of drug-likeness (QED) is 0.664. The number of amides is 1. The topological polar surface area (TPSA) is 84.9 Å². The molecule has 152 valence electrons. The van der Waals surface area contributed by atoms with Gasteiger partial charge in [0.05, 0.1) is 31.3 Å². The summed E-state index contributed by atoms with van der Waals surface area (Å²) in [5.74, 6) is 0.490. The maximum absolute atomic E-state index is 12.9. The van der Waals surface area contributed by atoms with Gasteiger partial charge in [0.15, 0.2) is 0 Å². The molecular weight excluding hydrogens is 404 g/mol. The van der Waals surface area contributed by atoms with Gasteiger partial charge in [0.1, 0.15) is 11.5 Å². The molecule has 9 heteroatoms. The van der Waals surface area contributed by atoms with Crippen LogP contribution in [0.5, 0.6) is 11.5 Å². The van der Waals surface area contributed by atoms with Gasteiger partial charge >= 0.3 is 0 Å². The van der Waals surface area contributed by atoms with Crippen molar-refractivity contribution in [2.75, 3.05) is 32.6 Å². The molecule has 0 spiro atoms. The van der Waals surface area contributed by atoms with Crippen molar-refractivity contribution in [2.24, 2.45) is 0 Å². The fourth-order valence-corrected chi connectivity index (χ4v) is 4.17. The number of hydrogen-bond donors (Lipinski definition) is 1. The van der Waals surface area contributed by atoms with Crippen LogP contribution in [-0.4, -0.2) is 45.9 Å². The van der Waals surface area contributed by atoms with E-state index in [2.05, 4.69) is 5.32 Å². The van der Waals surface area contributed by atoms with Crippen LogP contribution in [-0.2, 0) is 14.8 Å². The maximum atomic E-state index is 12.9. The van der Waals surface area contributed by atoms with Gasteiger partial charge in [-0.25, -0.2) is 8.42 Å². The van der Waals surface area contributed by atoms with E-state index < -0.39 is 15.9 Å². The second kappa shape index (κ2) is 9.77. The predicted molar refractivity (Wildman–Crippen MR) is 109 cm³/mol. The summed E-state index contributed by atoms with van der Waals surface area (Å²) in [7, 11) is -0.851. The van der Waals surface area contributed by atoms with Crippen LogP contribution in [0.4, 0.5) is 5.69 Å². The molecule has 2 aromatic rings. The van der Waals surface area contributed by atoms with Crippen LogP contribution in [0.2, 0.25) is 5.02 Å². The molecule has 0 saturated heterocycles. The Hall–Kier alpha value is -2.29. The number of benzene rings is 2. The lowest BCUT2D eigenvalue weighted by atomic mass is 10.2. The van der Waals surface area contributed by atoms with Gasteiger partial charge in [0, 0.05) is 17.6 Å². The number of anilines is 1. The van der Waals surface area contributed by atoms with Crippen molar-refractivity contribution in [3.8, 4) is 11.5 Å². The van der Waals surface area contributed by atoms with Crippen LogP contribution in [0.15, 0.2) is 47.4 Å². The van der Waals surface area contributed by atoms with E-state index in [4.69, 9.17) is 21.1 Å². The predicted octanol–water partition coefficient (Wildman–Crippen LogP) is 3.40. The standard InChI is InChI=1S/C19H23ClN2O5S/c1-4-11-22(28(24,25)16-8-5-14(20)6-9-16)13-19(23)21-17-12-15(26-2)7-10-18(17)27-3/h5-10,12H,4,11,13H2,1-3H3,(H,21,23). The third-order valence-electron chi connectivity index (χ3n) is 3.93. The number of sulfonamides is 1. The number of ether oxygens (including phenoxy) is 2. The minimum absolute atomic E-state index is 0.0807. The largest absolute Gasteiger partial charge is 0.497 e. The molecule has 7 nitrogen and oxygen atoms in total. The second-order valence-corrected chi connectivity index (χ2v) is 8.28. The highest BCUT2D eigenvalue weighted by Gasteiger charge is 2.26. The summed E-state index contributed by atoms with van der Waals surface area (Å²) in [6.07, 6.45) is 0.558. The highest BCUT2D eigenvalue weighted by Crippen LogP contribution is 2.29. The summed E-state index contributed by atoms with van der Waals surface area (Å²) in [6, 6.07) is 10.8. The molecule has 0 heterocycles. The number of halogens is 1. The molecule has 0 unspecified atom stereocenters. The zero-order valence-electron chi connectivity index (χ0n) is 15.9. The molecule has 0 aliphatic rings. The summed E-state index contributed by atoms with van der Waals surface area (Å²) in [6.45, 7) is 1.71. The van der Waals surface area contributed by atoms with Crippen LogP contribution >= 0.6 is 11.6 Å². The van der Waals surface area contributed by atoms with Gasteiger partial charge < -0.3 is 14.8 Å². The first-order chi connectivity index (χ1) is 13.3. The van der Waals surface area contributed by atoms with Crippen molar-refractivity contribution in [1.82, 2.24) is 4.31 Å². The minimum atomic E-state index is -3.84. The Kier molecular flexibility index (Phi) is 7.68. The second-order valence-electron chi connectivity index (χ2n) is 5.91. The lowest BCUT2D eigenvalue weighted by Crippen LogP contribution is -2.38. The lowest BCUT2D eigenvalue weighted by Gasteiger charge is -2.21. The van der Waals surface area contributed by atoms with Crippen molar-refractivity contribution >= 4 is 33.2 Å². The number of nitrogens with zero attached hydrogens (tertiary/aromatic N) is 1. The van der Waals surface area contributed by atoms with E-state index in [-0.39, 0.29) is 18.0 Å².